The Balaban J connectivity index is 2.13. The Labute approximate surface area is 173 Å². The maximum atomic E-state index is 13.2. The number of fused-ring (bicyclic) bond motifs is 1. The Kier molecular flexibility index (Phi) is 7.33. The van der Waals surface area contributed by atoms with Crippen molar-refractivity contribution >= 4 is 13.9 Å². The Morgan fingerprint density at radius 1 is 1.21 bits per heavy atom. The summed E-state index contributed by atoms with van der Waals surface area (Å²) in [5, 5.41) is 0. The van der Waals surface area contributed by atoms with E-state index in [1.54, 1.807) is 0 Å². The molecule has 0 aliphatic heterocycles. The number of allylic oxidation sites excluding steroid dienone is 2. The van der Waals surface area contributed by atoms with Gasteiger partial charge in [-0.3, -0.25) is 4.79 Å². The van der Waals surface area contributed by atoms with Crippen molar-refractivity contribution in [2.24, 2.45) is 10.8 Å². The molecule has 0 aromatic carbocycles. The fraction of sp³-hybridized carbons (Fsp3) is 0.708. The monoisotopic (exact) mass is 404 g/mol. The van der Waals surface area contributed by atoms with Crippen LogP contribution in [0, 0.1) is 10.8 Å². The summed E-state index contributed by atoms with van der Waals surface area (Å²) in [4.78, 5) is 13.2. The lowest BCUT2D eigenvalue weighted by Gasteiger charge is -2.48. The second-order valence-electron chi connectivity index (χ2n) is 10.5. The minimum atomic E-state index is -1.08. The molecule has 0 saturated heterocycles. The van der Waals surface area contributed by atoms with Gasteiger partial charge < -0.3 is 9.47 Å². The molecular weight excluding hydrogens is 364 g/mol. The zero-order chi connectivity index (χ0) is 21.2. The van der Waals surface area contributed by atoms with Gasteiger partial charge in [-0.05, 0) is 45.6 Å². The van der Waals surface area contributed by atoms with Crippen molar-refractivity contribution in [3.05, 3.63) is 36.0 Å². The second kappa shape index (κ2) is 8.81. The first kappa shape index (κ1) is 23.3. The summed E-state index contributed by atoms with van der Waals surface area (Å²) in [5.74, 6) is 0.342. The standard InChI is InChI=1S/C24H40O3Si/c1-18(2)15-24(16-19(3)4)20-9-10-22(23(20,5)12-11-21(24)25)27-17-26-13-14-28(6,7)8/h9,22H,1,3,10-17H2,2,4-8H3/t22-,23-/m0/s1. The number of ether oxygens (including phenoxy) is 2. The summed E-state index contributed by atoms with van der Waals surface area (Å²) >= 11 is 0. The molecule has 2 aliphatic carbocycles. The van der Waals surface area contributed by atoms with Crippen LogP contribution in [0.3, 0.4) is 0 Å². The molecule has 28 heavy (non-hydrogen) atoms. The average Bonchev–Trinajstić information content (AvgIpc) is 2.87. The molecule has 0 N–H and O–H groups in total. The summed E-state index contributed by atoms with van der Waals surface area (Å²) in [6.07, 6.45) is 6.08. The molecule has 0 heterocycles. The predicted molar refractivity (Wildman–Crippen MR) is 120 cm³/mol. The van der Waals surface area contributed by atoms with E-state index < -0.39 is 13.5 Å². The molecule has 2 aliphatic rings. The average molecular weight is 405 g/mol. The van der Waals surface area contributed by atoms with Crippen LogP contribution in [-0.2, 0) is 14.3 Å². The molecule has 0 spiro atoms. The maximum Gasteiger partial charge on any atom is 0.147 e. The summed E-state index contributed by atoms with van der Waals surface area (Å²) in [7, 11) is -1.08. The van der Waals surface area contributed by atoms with E-state index >= 15 is 0 Å². The van der Waals surface area contributed by atoms with Crippen molar-refractivity contribution in [1.82, 2.24) is 0 Å². The molecule has 2 rings (SSSR count). The van der Waals surface area contributed by atoms with Crippen LogP contribution < -0.4 is 0 Å². The molecule has 0 bridgehead atoms. The summed E-state index contributed by atoms with van der Waals surface area (Å²) in [5.41, 5.74) is 2.77. The fourth-order valence-electron chi connectivity index (χ4n) is 4.99. The van der Waals surface area contributed by atoms with Crippen LogP contribution in [0.4, 0.5) is 0 Å². The van der Waals surface area contributed by atoms with E-state index in [2.05, 4.69) is 45.8 Å². The van der Waals surface area contributed by atoms with E-state index in [1.165, 1.54) is 5.57 Å². The molecule has 4 heteroatoms. The number of ketones is 1. The van der Waals surface area contributed by atoms with Gasteiger partial charge in [0, 0.05) is 26.5 Å². The van der Waals surface area contributed by atoms with Gasteiger partial charge >= 0.3 is 0 Å². The molecule has 0 radical (unpaired) electrons. The first-order valence-corrected chi connectivity index (χ1v) is 14.3. The normalized spacial score (nSPS) is 26.7. The van der Waals surface area contributed by atoms with Crippen LogP contribution in [0.1, 0.15) is 52.9 Å². The number of hydrogen-bond donors (Lipinski definition) is 0. The van der Waals surface area contributed by atoms with E-state index in [1.807, 2.05) is 13.8 Å². The zero-order valence-corrected chi connectivity index (χ0v) is 20.0. The molecular formula is C24H40O3Si. The topological polar surface area (TPSA) is 35.5 Å². The Morgan fingerprint density at radius 3 is 2.36 bits per heavy atom. The van der Waals surface area contributed by atoms with Gasteiger partial charge in [0.2, 0.25) is 0 Å². The number of hydrogen-bond acceptors (Lipinski definition) is 3. The minimum absolute atomic E-state index is 0.0806. The SMILES string of the molecule is C=C(C)CC1(CC(=C)C)C(=O)CC[C@@]2(C)C1=CC[C@@H]2OCOCC[Si](C)(C)C. The molecule has 0 amide bonds. The van der Waals surface area contributed by atoms with Gasteiger partial charge in [0.25, 0.3) is 0 Å². The first-order valence-electron chi connectivity index (χ1n) is 10.6. The van der Waals surface area contributed by atoms with Gasteiger partial charge in [0.05, 0.1) is 11.5 Å². The zero-order valence-electron chi connectivity index (χ0n) is 19.0. The number of rotatable bonds is 10. The Bertz CT molecular complexity index is 639. The third-order valence-corrected chi connectivity index (χ3v) is 8.04. The van der Waals surface area contributed by atoms with Gasteiger partial charge in [0.15, 0.2) is 0 Å². The predicted octanol–water partition coefficient (Wildman–Crippen LogP) is 6.30. The quantitative estimate of drug-likeness (QED) is 0.185. The van der Waals surface area contributed by atoms with Crippen molar-refractivity contribution in [3.63, 3.8) is 0 Å². The number of carbonyl (C=O) groups excluding carboxylic acids is 1. The van der Waals surface area contributed by atoms with Crippen LogP contribution in [0.15, 0.2) is 36.0 Å². The Hall–Kier alpha value is -0.973. The van der Waals surface area contributed by atoms with Crippen LogP contribution in [0.2, 0.25) is 25.7 Å². The molecule has 1 fully saturated rings. The molecule has 3 nitrogen and oxygen atoms in total. The lowest BCUT2D eigenvalue weighted by atomic mass is 9.55. The molecule has 0 aromatic heterocycles. The summed E-state index contributed by atoms with van der Waals surface area (Å²) in [6.45, 7) is 22.7. The van der Waals surface area contributed by atoms with E-state index in [4.69, 9.17) is 9.47 Å². The smallest absolute Gasteiger partial charge is 0.147 e. The molecule has 0 aromatic rings. The van der Waals surface area contributed by atoms with Crippen molar-refractivity contribution < 1.29 is 14.3 Å². The van der Waals surface area contributed by atoms with Gasteiger partial charge in [0.1, 0.15) is 12.6 Å². The van der Waals surface area contributed by atoms with E-state index in [0.717, 1.165) is 36.6 Å². The molecule has 158 valence electrons. The second-order valence-corrected chi connectivity index (χ2v) is 16.2. The van der Waals surface area contributed by atoms with Gasteiger partial charge in [-0.2, -0.15) is 0 Å². The van der Waals surface area contributed by atoms with Crippen molar-refractivity contribution in [3.8, 4) is 0 Å². The van der Waals surface area contributed by atoms with Crippen LogP contribution in [-0.4, -0.2) is 33.4 Å². The highest BCUT2D eigenvalue weighted by atomic mass is 28.3. The van der Waals surface area contributed by atoms with Crippen LogP contribution in [0.5, 0.6) is 0 Å². The largest absolute Gasteiger partial charge is 0.356 e. The Morgan fingerprint density at radius 2 is 1.82 bits per heavy atom. The van der Waals surface area contributed by atoms with Crippen LogP contribution in [0.25, 0.3) is 0 Å². The fourth-order valence-corrected chi connectivity index (χ4v) is 5.75. The maximum absolute atomic E-state index is 13.2. The molecule has 0 unspecified atom stereocenters. The van der Waals surface area contributed by atoms with Gasteiger partial charge in [-0.15, -0.1) is 13.2 Å². The highest BCUT2D eigenvalue weighted by Crippen LogP contribution is 2.59. The third-order valence-electron chi connectivity index (χ3n) is 6.34. The summed E-state index contributed by atoms with van der Waals surface area (Å²) < 4.78 is 12.0. The number of Topliss-reactive ketones (excluding diaryl/α,β-unsaturated/α-hetero) is 1. The lowest BCUT2D eigenvalue weighted by molar-refractivity contribution is -0.138. The molecule has 1 saturated carbocycles. The molecule has 2 atom stereocenters. The van der Waals surface area contributed by atoms with Gasteiger partial charge in [-0.25, -0.2) is 0 Å². The van der Waals surface area contributed by atoms with E-state index in [9.17, 15) is 4.79 Å². The van der Waals surface area contributed by atoms with Crippen molar-refractivity contribution in [2.75, 3.05) is 13.4 Å². The number of carbonyl (C=O) groups is 1. The minimum Gasteiger partial charge on any atom is -0.356 e. The van der Waals surface area contributed by atoms with E-state index in [-0.39, 0.29) is 11.5 Å². The lowest BCUT2D eigenvalue weighted by Crippen LogP contribution is -2.48. The summed E-state index contributed by atoms with van der Waals surface area (Å²) in [6, 6.07) is 1.15. The first-order chi connectivity index (χ1) is 12.9. The third kappa shape index (κ3) is 5.14. The highest BCUT2D eigenvalue weighted by molar-refractivity contribution is 6.76. The highest BCUT2D eigenvalue weighted by Gasteiger charge is 2.56. The van der Waals surface area contributed by atoms with E-state index in [0.29, 0.717) is 31.8 Å². The van der Waals surface area contributed by atoms with Crippen LogP contribution >= 0.6 is 0 Å². The van der Waals surface area contributed by atoms with Crippen molar-refractivity contribution in [2.45, 2.75) is 84.7 Å². The van der Waals surface area contributed by atoms with Gasteiger partial charge in [-0.1, -0.05) is 49.4 Å². The van der Waals surface area contributed by atoms with Crippen molar-refractivity contribution in [1.29, 1.82) is 0 Å².